The molecule has 2 atom stereocenters. The van der Waals surface area contributed by atoms with Crippen molar-refractivity contribution < 1.29 is 28.4 Å². The number of carboxylic acid groups (broad SMARTS) is 1. The number of para-hydroxylation sites is 1. The van der Waals surface area contributed by atoms with Crippen molar-refractivity contribution in [3.05, 3.63) is 64.7 Å². The number of nitrogens with zero attached hydrogens (tertiary/aromatic N) is 1. The van der Waals surface area contributed by atoms with Crippen molar-refractivity contribution in [1.82, 2.24) is 5.09 Å². The zero-order valence-corrected chi connectivity index (χ0v) is 18.9. The van der Waals surface area contributed by atoms with Crippen LogP contribution in [0, 0.1) is 22.0 Å². The van der Waals surface area contributed by atoms with Crippen LogP contribution in [-0.2, 0) is 9.36 Å². The lowest BCUT2D eigenvalue weighted by atomic mass is 9.85. The Hall–Kier alpha value is -2.90. The van der Waals surface area contributed by atoms with Crippen LogP contribution in [0.3, 0.4) is 0 Å². The number of aliphatic carboxylic acids is 1. The molecule has 1 saturated carbocycles. The molecule has 0 saturated heterocycles. The summed E-state index contributed by atoms with van der Waals surface area (Å²) in [6.07, 6.45) is 2.36. The molecule has 0 heterocycles. The molecule has 0 radical (unpaired) electrons. The van der Waals surface area contributed by atoms with Crippen LogP contribution in [-0.4, -0.2) is 21.5 Å². The van der Waals surface area contributed by atoms with E-state index in [2.05, 4.69) is 5.09 Å². The molecule has 2 aromatic rings. The van der Waals surface area contributed by atoms with Crippen molar-refractivity contribution in [2.24, 2.45) is 11.8 Å². The Morgan fingerprint density at radius 1 is 1.16 bits per heavy atom. The summed E-state index contributed by atoms with van der Waals surface area (Å²) in [6.45, 7) is 3.79. The molecular weight excluding hydrogens is 435 g/mol. The van der Waals surface area contributed by atoms with E-state index in [1.165, 1.54) is 24.3 Å². The number of nitrogens with one attached hydrogen (secondary N) is 1. The lowest BCUT2D eigenvalue weighted by Crippen LogP contribution is -2.53. The molecular formula is C22H27N2O7P. The van der Waals surface area contributed by atoms with Gasteiger partial charge in [0.2, 0.25) is 0 Å². The van der Waals surface area contributed by atoms with Crippen LogP contribution in [0.15, 0.2) is 54.6 Å². The van der Waals surface area contributed by atoms with E-state index in [0.29, 0.717) is 6.42 Å². The zero-order chi connectivity index (χ0) is 23.4. The fourth-order valence-electron chi connectivity index (χ4n) is 3.62. The van der Waals surface area contributed by atoms with Crippen molar-refractivity contribution in [2.75, 3.05) is 0 Å². The van der Waals surface area contributed by atoms with Crippen LogP contribution in [0.1, 0.15) is 39.5 Å². The van der Waals surface area contributed by atoms with Crippen molar-refractivity contribution in [3.63, 3.8) is 0 Å². The van der Waals surface area contributed by atoms with Gasteiger partial charge in [-0.3, -0.25) is 14.9 Å². The molecule has 1 aliphatic rings. The molecule has 0 bridgehead atoms. The molecule has 0 aromatic heterocycles. The Labute approximate surface area is 186 Å². The second kappa shape index (κ2) is 9.71. The number of non-ortho nitro benzene ring substituents is 1. The van der Waals surface area contributed by atoms with Crippen LogP contribution in [0.4, 0.5) is 5.69 Å². The van der Waals surface area contributed by atoms with Crippen LogP contribution in [0.5, 0.6) is 11.5 Å². The van der Waals surface area contributed by atoms with Crippen molar-refractivity contribution in [3.8, 4) is 11.5 Å². The molecule has 2 aromatic carbocycles. The second-order valence-electron chi connectivity index (χ2n) is 8.49. The molecule has 10 heteroatoms. The number of benzene rings is 2. The van der Waals surface area contributed by atoms with Gasteiger partial charge in [-0.15, -0.1) is 0 Å². The molecule has 32 heavy (non-hydrogen) atoms. The fraction of sp³-hybridized carbons (Fsp3) is 0.409. The molecule has 0 amide bonds. The first-order valence-corrected chi connectivity index (χ1v) is 12.0. The fourth-order valence-corrected chi connectivity index (χ4v) is 5.35. The van der Waals surface area contributed by atoms with Gasteiger partial charge in [-0.25, -0.2) is 4.57 Å². The monoisotopic (exact) mass is 462 g/mol. The average molecular weight is 462 g/mol. The largest absolute Gasteiger partial charge is 0.513 e. The minimum atomic E-state index is -4.26. The Balaban J connectivity index is 1.96. The van der Waals surface area contributed by atoms with E-state index >= 15 is 0 Å². The third kappa shape index (κ3) is 6.31. The number of carbonyl (C=O) groups is 1. The molecule has 0 spiro atoms. The maximum Gasteiger partial charge on any atom is 0.513 e. The minimum absolute atomic E-state index is 0.00176. The first kappa shape index (κ1) is 23.8. The molecule has 0 aliphatic heterocycles. The highest BCUT2D eigenvalue weighted by molar-refractivity contribution is 7.52. The highest BCUT2D eigenvalue weighted by atomic mass is 31.2. The van der Waals surface area contributed by atoms with Gasteiger partial charge < -0.3 is 14.2 Å². The number of rotatable bonds is 12. The van der Waals surface area contributed by atoms with Gasteiger partial charge in [-0.2, -0.15) is 5.09 Å². The van der Waals surface area contributed by atoms with E-state index in [1.54, 1.807) is 30.3 Å². The van der Waals surface area contributed by atoms with Crippen molar-refractivity contribution in [1.29, 1.82) is 0 Å². The van der Waals surface area contributed by atoms with Crippen LogP contribution in [0.2, 0.25) is 0 Å². The van der Waals surface area contributed by atoms with Gasteiger partial charge in [0.25, 0.3) is 5.69 Å². The van der Waals surface area contributed by atoms with Crippen molar-refractivity contribution in [2.45, 2.75) is 45.1 Å². The number of nitro groups is 1. The SMILES string of the molecule is CC(C)C[C@@](CC1CC1)(NP(=O)(Oc1ccccc1)Oc1ccc([N+](=O)[O-])cc1)C(=O)O. The van der Waals surface area contributed by atoms with Gasteiger partial charge in [-0.1, -0.05) is 44.9 Å². The summed E-state index contributed by atoms with van der Waals surface area (Å²) in [6, 6.07) is 13.3. The number of carboxylic acids is 1. The Morgan fingerprint density at radius 2 is 1.72 bits per heavy atom. The Kier molecular flexibility index (Phi) is 7.21. The number of hydrogen-bond acceptors (Lipinski definition) is 6. The molecule has 172 valence electrons. The molecule has 1 fully saturated rings. The summed E-state index contributed by atoms with van der Waals surface area (Å²) in [7, 11) is -4.26. The third-order valence-electron chi connectivity index (χ3n) is 5.09. The van der Waals surface area contributed by atoms with E-state index in [9.17, 15) is 24.6 Å². The summed E-state index contributed by atoms with van der Waals surface area (Å²) >= 11 is 0. The summed E-state index contributed by atoms with van der Waals surface area (Å²) < 4.78 is 25.3. The summed E-state index contributed by atoms with van der Waals surface area (Å²) in [5, 5.41) is 23.9. The summed E-state index contributed by atoms with van der Waals surface area (Å²) in [5.41, 5.74) is -1.67. The predicted molar refractivity (Wildman–Crippen MR) is 119 cm³/mol. The number of nitro benzene ring substituents is 1. The van der Waals surface area contributed by atoms with Gasteiger partial charge in [-0.05, 0) is 48.9 Å². The van der Waals surface area contributed by atoms with Gasteiger partial charge in [0, 0.05) is 12.1 Å². The maximum atomic E-state index is 13.9. The second-order valence-corrected chi connectivity index (χ2v) is 10.1. The lowest BCUT2D eigenvalue weighted by Gasteiger charge is -2.35. The van der Waals surface area contributed by atoms with E-state index in [1.807, 2.05) is 13.8 Å². The molecule has 9 nitrogen and oxygen atoms in total. The molecule has 1 unspecified atom stereocenters. The Morgan fingerprint density at radius 3 is 2.19 bits per heavy atom. The first-order valence-electron chi connectivity index (χ1n) is 10.4. The van der Waals surface area contributed by atoms with E-state index in [-0.39, 0.29) is 35.4 Å². The molecule has 3 rings (SSSR count). The van der Waals surface area contributed by atoms with Gasteiger partial charge >= 0.3 is 13.7 Å². The zero-order valence-electron chi connectivity index (χ0n) is 18.0. The molecule has 2 N–H and O–H groups in total. The maximum absolute atomic E-state index is 13.9. The predicted octanol–water partition coefficient (Wildman–Crippen LogP) is 5.42. The van der Waals surface area contributed by atoms with Crippen molar-refractivity contribution >= 4 is 19.4 Å². The normalized spacial score (nSPS) is 17.2. The smallest absolute Gasteiger partial charge is 0.480 e. The molecule has 1 aliphatic carbocycles. The highest BCUT2D eigenvalue weighted by Gasteiger charge is 2.50. The van der Waals surface area contributed by atoms with Crippen LogP contribution < -0.4 is 14.1 Å². The summed E-state index contributed by atoms with van der Waals surface area (Å²) in [4.78, 5) is 22.8. The topological polar surface area (TPSA) is 128 Å². The summed E-state index contributed by atoms with van der Waals surface area (Å²) in [5.74, 6) is -0.607. The van der Waals surface area contributed by atoms with E-state index in [4.69, 9.17) is 9.05 Å². The standard InChI is InChI=1S/C22H27N2O7P/c1-16(2)14-22(21(25)26,15-17-8-9-17)23-32(29,30-19-6-4-3-5-7-19)31-20-12-10-18(11-13-20)24(27)28/h3-7,10-13,16-17H,8-9,14-15H2,1-2H3,(H,23,29)(H,25,26)/t22-,32?/m0/s1. The average Bonchev–Trinajstić information content (AvgIpc) is 3.52. The minimum Gasteiger partial charge on any atom is -0.480 e. The van der Waals surface area contributed by atoms with Gasteiger partial charge in [0.05, 0.1) is 4.92 Å². The van der Waals surface area contributed by atoms with Crippen LogP contribution >= 0.6 is 7.75 Å². The third-order valence-corrected chi connectivity index (χ3v) is 6.70. The van der Waals surface area contributed by atoms with E-state index in [0.717, 1.165) is 12.8 Å². The first-order chi connectivity index (χ1) is 15.1. The Bertz CT molecular complexity index is 987. The lowest BCUT2D eigenvalue weighted by molar-refractivity contribution is -0.384. The quantitative estimate of drug-likeness (QED) is 0.243. The van der Waals surface area contributed by atoms with Crippen LogP contribution in [0.25, 0.3) is 0 Å². The highest BCUT2D eigenvalue weighted by Crippen LogP contribution is 2.50. The number of hydrogen-bond donors (Lipinski definition) is 2. The van der Waals surface area contributed by atoms with Gasteiger partial charge in [0.1, 0.15) is 17.0 Å². The van der Waals surface area contributed by atoms with E-state index < -0.39 is 24.2 Å². The van der Waals surface area contributed by atoms with Gasteiger partial charge in [0.15, 0.2) is 0 Å².